The molecule has 4 atom stereocenters. The van der Waals surface area contributed by atoms with Crippen LogP contribution in [0.5, 0.6) is 0 Å². The van der Waals surface area contributed by atoms with Gasteiger partial charge in [-0.05, 0) is 43.0 Å². The fourth-order valence-electron chi connectivity index (χ4n) is 4.39. The number of carboxylic acids is 1. The molecule has 7 nitrogen and oxygen atoms in total. The summed E-state index contributed by atoms with van der Waals surface area (Å²) in [5, 5.41) is 30.5. The van der Waals surface area contributed by atoms with Crippen molar-refractivity contribution in [3.63, 3.8) is 0 Å². The van der Waals surface area contributed by atoms with Crippen LogP contribution in [0.4, 0.5) is 0 Å². The smallest absolute Gasteiger partial charge is 0.338 e. The molecule has 0 bridgehead atoms. The van der Waals surface area contributed by atoms with Crippen molar-refractivity contribution in [2.45, 2.75) is 50.4 Å². The molecule has 0 aliphatic heterocycles. The zero-order chi connectivity index (χ0) is 24.6. The number of carbonyl (C=O) groups excluding carboxylic acids is 1. The van der Waals surface area contributed by atoms with Crippen molar-refractivity contribution in [3.8, 4) is 11.1 Å². The predicted molar refractivity (Wildman–Crippen MR) is 127 cm³/mol. The number of aliphatic hydroxyl groups excluding tert-OH is 2. The summed E-state index contributed by atoms with van der Waals surface area (Å²) in [5.74, 6) is -2.43. The summed E-state index contributed by atoms with van der Waals surface area (Å²) >= 11 is 0. The first kappa shape index (κ1) is 25.6. The van der Waals surface area contributed by atoms with Gasteiger partial charge in [0.1, 0.15) is 0 Å². The Morgan fingerprint density at radius 2 is 1.85 bits per heavy atom. The van der Waals surface area contributed by atoms with Gasteiger partial charge in [-0.15, -0.1) is 0 Å². The fourth-order valence-corrected chi connectivity index (χ4v) is 4.39. The molecule has 3 N–H and O–H groups in total. The van der Waals surface area contributed by atoms with Gasteiger partial charge in [0, 0.05) is 25.6 Å². The first-order valence-electron chi connectivity index (χ1n) is 11.6. The molecule has 0 saturated heterocycles. The lowest BCUT2D eigenvalue weighted by atomic mass is 9.85. The second kappa shape index (κ2) is 11.9. The molecule has 2 aromatic rings. The van der Waals surface area contributed by atoms with Gasteiger partial charge in [0.15, 0.2) is 5.60 Å². The second-order valence-corrected chi connectivity index (χ2v) is 8.50. The van der Waals surface area contributed by atoms with E-state index in [0.717, 1.165) is 11.1 Å². The molecule has 34 heavy (non-hydrogen) atoms. The van der Waals surface area contributed by atoms with Crippen molar-refractivity contribution >= 4 is 11.9 Å². The van der Waals surface area contributed by atoms with Crippen molar-refractivity contribution in [2.75, 3.05) is 13.2 Å². The van der Waals surface area contributed by atoms with Crippen molar-refractivity contribution in [2.24, 2.45) is 5.92 Å². The van der Waals surface area contributed by atoms with Crippen LogP contribution in [0.25, 0.3) is 11.1 Å². The number of ether oxygens (including phenoxy) is 2. The van der Waals surface area contributed by atoms with Crippen molar-refractivity contribution < 1.29 is 34.4 Å². The molecule has 0 radical (unpaired) electrons. The van der Waals surface area contributed by atoms with Crippen LogP contribution in [0.15, 0.2) is 66.7 Å². The van der Waals surface area contributed by atoms with E-state index in [1.807, 2.05) is 43.3 Å². The summed E-state index contributed by atoms with van der Waals surface area (Å²) in [7, 11) is 0. The molecule has 0 heterocycles. The molecule has 0 amide bonds. The van der Waals surface area contributed by atoms with Crippen molar-refractivity contribution in [3.05, 3.63) is 72.3 Å². The summed E-state index contributed by atoms with van der Waals surface area (Å²) in [5.41, 5.74) is 0.398. The molecule has 1 aliphatic rings. The van der Waals surface area contributed by atoms with Crippen LogP contribution >= 0.6 is 0 Å². The van der Waals surface area contributed by atoms with Crippen molar-refractivity contribution in [1.82, 2.24) is 0 Å². The number of aliphatic hydroxyl groups is 2. The zero-order valence-electron chi connectivity index (χ0n) is 19.3. The minimum Gasteiger partial charge on any atom is -0.481 e. The van der Waals surface area contributed by atoms with Crippen LogP contribution in [-0.4, -0.2) is 58.3 Å². The highest BCUT2D eigenvalue weighted by Gasteiger charge is 2.53. The van der Waals surface area contributed by atoms with E-state index in [2.05, 4.69) is 0 Å². The maximum atomic E-state index is 13.2. The van der Waals surface area contributed by atoms with Gasteiger partial charge in [-0.1, -0.05) is 54.6 Å². The van der Waals surface area contributed by atoms with Gasteiger partial charge in [-0.25, -0.2) is 4.79 Å². The highest BCUT2D eigenvalue weighted by atomic mass is 16.6. The van der Waals surface area contributed by atoms with E-state index in [1.165, 1.54) is 0 Å². The predicted octanol–water partition coefficient (Wildman–Crippen LogP) is 3.84. The van der Waals surface area contributed by atoms with E-state index in [1.54, 1.807) is 30.4 Å². The standard InChI is InChI=1S/C27H32O7/c1-2-33-16-15-23(28)13-11-22-12-14-24(29)27(22,18-25(30)31)34-26(32)21-10-6-9-20(17-21)19-7-4-3-5-8-19/h3-11,13,17,22-24,28-29H,2,12,14-16,18H2,1H3,(H,30,31). The average Bonchev–Trinajstić information content (AvgIpc) is 3.12. The Bertz CT molecular complexity index is 987. The summed E-state index contributed by atoms with van der Waals surface area (Å²) < 4.78 is 11.1. The Morgan fingerprint density at radius 3 is 2.56 bits per heavy atom. The van der Waals surface area contributed by atoms with E-state index in [-0.39, 0.29) is 12.0 Å². The van der Waals surface area contributed by atoms with Gasteiger partial charge in [-0.2, -0.15) is 0 Å². The minimum atomic E-state index is -1.62. The summed E-state index contributed by atoms with van der Waals surface area (Å²) in [4.78, 5) is 24.9. The van der Waals surface area contributed by atoms with Crippen LogP contribution in [0.1, 0.15) is 43.0 Å². The molecule has 7 heteroatoms. The summed E-state index contributed by atoms with van der Waals surface area (Å²) in [6, 6.07) is 16.5. The molecule has 0 spiro atoms. The third-order valence-electron chi connectivity index (χ3n) is 6.19. The Labute approximate surface area is 199 Å². The number of hydrogen-bond donors (Lipinski definition) is 3. The molecule has 1 saturated carbocycles. The van der Waals surface area contributed by atoms with Gasteiger partial charge in [0.05, 0.1) is 24.2 Å². The Morgan fingerprint density at radius 1 is 1.12 bits per heavy atom. The lowest BCUT2D eigenvalue weighted by molar-refractivity contribution is -0.150. The maximum Gasteiger partial charge on any atom is 0.338 e. The summed E-state index contributed by atoms with van der Waals surface area (Å²) in [6.45, 7) is 2.81. The number of benzene rings is 2. The monoisotopic (exact) mass is 468 g/mol. The fraction of sp³-hybridized carbons (Fsp3) is 0.407. The lowest BCUT2D eigenvalue weighted by Crippen LogP contribution is -2.48. The SMILES string of the molecule is CCOCCC(O)C=CC1CCC(O)C1(CC(=O)O)OC(=O)c1cccc(-c2ccccc2)c1. The van der Waals surface area contributed by atoms with Gasteiger partial charge in [0.2, 0.25) is 0 Å². The molecule has 1 aliphatic carbocycles. The maximum absolute atomic E-state index is 13.2. The third-order valence-corrected chi connectivity index (χ3v) is 6.19. The Kier molecular flexibility index (Phi) is 8.98. The molecule has 0 aromatic heterocycles. The average molecular weight is 469 g/mol. The molecule has 1 fully saturated rings. The van der Waals surface area contributed by atoms with E-state index >= 15 is 0 Å². The minimum absolute atomic E-state index is 0.268. The quantitative estimate of drug-likeness (QED) is 0.261. The molecular formula is C27H32O7. The molecule has 182 valence electrons. The third kappa shape index (κ3) is 6.32. The number of rotatable bonds is 11. The topological polar surface area (TPSA) is 113 Å². The zero-order valence-corrected chi connectivity index (χ0v) is 19.3. The van der Waals surface area contributed by atoms with Gasteiger partial charge in [0.25, 0.3) is 0 Å². The highest BCUT2D eigenvalue weighted by Crippen LogP contribution is 2.43. The first-order chi connectivity index (χ1) is 16.4. The number of aliphatic carboxylic acids is 1. The van der Waals surface area contributed by atoms with Crippen LogP contribution in [0, 0.1) is 5.92 Å². The van der Waals surface area contributed by atoms with E-state index in [9.17, 15) is 24.9 Å². The van der Waals surface area contributed by atoms with E-state index in [4.69, 9.17) is 9.47 Å². The summed E-state index contributed by atoms with van der Waals surface area (Å²) in [6.07, 6.45) is 1.85. The van der Waals surface area contributed by atoms with Crippen LogP contribution in [-0.2, 0) is 14.3 Å². The molecule has 4 unspecified atom stereocenters. The molecule has 2 aromatic carbocycles. The van der Waals surface area contributed by atoms with Crippen LogP contribution in [0.3, 0.4) is 0 Å². The normalized spacial score (nSPS) is 23.1. The van der Waals surface area contributed by atoms with Gasteiger partial charge >= 0.3 is 11.9 Å². The Hall–Kier alpha value is -3.00. The van der Waals surface area contributed by atoms with Crippen LogP contribution in [0.2, 0.25) is 0 Å². The van der Waals surface area contributed by atoms with Gasteiger partial charge in [-0.3, -0.25) is 4.79 Å². The number of carbonyl (C=O) groups is 2. The number of hydrogen-bond acceptors (Lipinski definition) is 6. The van der Waals surface area contributed by atoms with Crippen LogP contribution < -0.4 is 0 Å². The van der Waals surface area contributed by atoms with Crippen molar-refractivity contribution in [1.29, 1.82) is 0 Å². The Balaban J connectivity index is 1.83. The van der Waals surface area contributed by atoms with Gasteiger partial charge < -0.3 is 24.8 Å². The largest absolute Gasteiger partial charge is 0.481 e. The number of carboxylic acid groups (broad SMARTS) is 1. The van der Waals surface area contributed by atoms with E-state index in [0.29, 0.717) is 26.1 Å². The molecular weight excluding hydrogens is 436 g/mol. The number of esters is 1. The molecule has 3 rings (SSSR count). The lowest BCUT2D eigenvalue weighted by Gasteiger charge is -2.35. The highest BCUT2D eigenvalue weighted by molar-refractivity contribution is 5.91. The van der Waals surface area contributed by atoms with E-state index < -0.39 is 42.1 Å². The second-order valence-electron chi connectivity index (χ2n) is 8.50. The first-order valence-corrected chi connectivity index (χ1v) is 11.6.